The van der Waals surface area contributed by atoms with E-state index in [1.54, 1.807) is 36.4 Å². The largest absolute Gasteiger partial charge is 0.502 e. The number of carbonyl (C=O) groups is 2. The maximum absolute atomic E-state index is 12.6. The van der Waals surface area contributed by atoms with Gasteiger partial charge in [-0.3, -0.25) is 4.79 Å². The van der Waals surface area contributed by atoms with Gasteiger partial charge in [0.15, 0.2) is 11.5 Å². The molecule has 0 aliphatic rings. The second-order valence-corrected chi connectivity index (χ2v) is 4.62. The summed E-state index contributed by atoms with van der Waals surface area (Å²) in [6.07, 6.45) is 0. The van der Waals surface area contributed by atoms with E-state index in [1.807, 2.05) is 6.92 Å². The number of ketones is 1. The molecule has 0 spiro atoms. The van der Waals surface area contributed by atoms with Crippen LogP contribution in [0.25, 0.3) is 0 Å². The summed E-state index contributed by atoms with van der Waals surface area (Å²) in [5.74, 6) is -1.63. The Morgan fingerprint density at radius 2 is 1.83 bits per heavy atom. The minimum Gasteiger partial charge on any atom is -0.502 e. The topological polar surface area (TPSA) is 72.8 Å². The van der Waals surface area contributed by atoms with Gasteiger partial charge in [-0.25, -0.2) is 4.79 Å². The number of carbonyl (C=O) groups excluding carboxylic acids is 2. The lowest BCUT2D eigenvalue weighted by molar-refractivity contribution is -0.132. The summed E-state index contributed by atoms with van der Waals surface area (Å²) >= 11 is 0. The van der Waals surface area contributed by atoms with Gasteiger partial charge in [0.2, 0.25) is 0 Å². The van der Waals surface area contributed by atoms with Gasteiger partial charge < -0.3 is 14.6 Å². The van der Waals surface area contributed by atoms with Gasteiger partial charge in [-0.1, -0.05) is 30.3 Å². The van der Waals surface area contributed by atoms with Gasteiger partial charge in [-0.2, -0.15) is 0 Å². The van der Waals surface area contributed by atoms with Gasteiger partial charge in [-0.05, 0) is 25.6 Å². The van der Waals surface area contributed by atoms with Crippen LogP contribution in [-0.2, 0) is 4.79 Å². The number of benzene rings is 2. The molecule has 0 fully saturated rings. The van der Waals surface area contributed by atoms with Crippen molar-refractivity contribution >= 4 is 11.8 Å². The standard InChI is InChI=1S/C18H16O5/c1-3-22-14-9-10-15(16(11-14)23-18(21)12(2)19)17(20)13-7-5-4-6-8-13/h4-11,19H,2-3H2,1H3. The highest BCUT2D eigenvalue weighted by atomic mass is 16.5. The highest BCUT2D eigenvalue weighted by molar-refractivity contribution is 6.11. The van der Waals surface area contributed by atoms with Crippen LogP contribution < -0.4 is 9.47 Å². The quantitative estimate of drug-likeness (QED) is 0.291. The monoisotopic (exact) mass is 312 g/mol. The molecular formula is C18H16O5. The number of hydrogen-bond acceptors (Lipinski definition) is 5. The smallest absolute Gasteiger partial charge is 0.378 e. The molecule has 0 aromatic heterocycles. The number of ether oxygens (including phenoxy) is 2. The van der Waals surface area contributed by atoms with Crippen molar-refractivity contribution < 1.29 is 24.2 Å². The zero-order valence-electron chi connectivity index (χ0n) is 12.6. The minimum absolute atomic E-state index is 0.00463. The van der Waals surface area contributed by atoms with E-state index < -0.39 is 11.7 Å². The molecule has 2 aromatic carbocycles. The molecule has 2 aromatic rings. The van der Waals surface area contributed by atoms with Gasteiger partial charge in [-0.15, -0.1) is 0 Å². The van der Waals surface area contributed by atoms with Crippen LogP contribution in [0.2, 0.25) is 0 Å². The number of aliphatic hydroxyl groups excluding tert-OH is 1. The van der Waals surface area contributed by atoms with Crippen molar-refractivity contribution in [3.05, 3.63) is 72.0 Å². The summed E-state index contributed by atoms with van der Waals surface area (Å²) in [6.45, 7) is 5.34. The lowest BCUT2D eigenvalue weighted by Gasteiger charge is -2.11. The summed E-state index contributed by atoms with van der Waals surface area (Å²) < 4.78 is 10.4. The van der Waals surface area contributed by atoms with Gasteiger partial charge in [0.25, 0.3) is 0 Å². The normalized spacial score (nSPS) is 9.96. The highest BCUT2D eigenvalue weighted by Gasteiger charge is 2.19. The SMILES string of the molecule is C=C(O)C(=O)Oc1cc(OCC)ccc1C(=O)c1ccccc1. The van der Waals surface area contributed by atoms with Crippen molar-refractivity contribution in [1.82, 2.24) is 0 Å². The predicted molar refractivity (Wildman–Crippen MR) is 84.9 cm³/mol. The first-order valence-corrected chi connectivity index (χ1v) is 6.99. The first kappa shape index (κ1) is 16.3. The Labute approximate surface area is 133 Å². The minimum atomic E-state index is -1.03. The Balaban J connectivity index is 2.43. The Hall–Kier alpha value is -3.08. The van der Waals surface area contributed by atoms with Crippen LogP contribution >= 0.6 is 0 Å². The fourth-order valence-electron chi connectivity index (χ4n) is 1.93. The third kappa shape index (κ3) is 3.97. The number of hydrogen-bond donors (Lipinski definition) is 1. The van der Waals surface area contributed by atoms with Crippen LogP contribution in [-0.4, -0.2) is 23.5 Å². The van der Waals surface area contributed by atoms with Gasteiger partial charge >= 0.3 is 5.97 Å². The molecule has 0 saturated heterocycles. The molecule has 23 heavy (non-hydrogen) atoms. The lowest BCUT2D eigenvalue weighted by Crippen LogP contribution is -2.13. The summed E-state index contributed by atoms with van der Waals surface area (Å²) in [4.78, 5) is 24.1. The van der Waals surface area contributed by atoms with Gasteiger partial charge in [0, 0.05) is 11.6 Å². The first-order valence-electron chi connectivity index (χ1n) is 6.99. The molecule has 5 heteroatoms. The fraction of sp³-hybridized carbons (Fsp3) is 0.111. The molecule has 0 bridgehead atoms. The Kier molecular flexibility index (Phi) is 5.15. The molecule has 0 saturated carbocycles. The summed E-state index contributed by atoms with van der Waals surface area (Å²) in [7, 11) is 0. The molecule has 0 radical (unpaired) electrons. The first-order chi connectivity index (χ1) is 11.0. The van der Waals surface area contributed by atoms with E-state index >= 15 is 0 Å². The van der Waals surface area contributed by atoms with E-state index in [9.17, 15) is 9.59 Å². The lowest BCUT2D eigenvalue weighted by atomic mass is 10.0. The molecule has 0 aliphatic heterocycles. The molecule has 5 nitrogen and oxygen atoms in total. The molecule has 0 atom stereocenters. The van der Waals surface area contributed by atoms with Crippen LogP contribution in [0, 0.1) is 0 Å². The van der Waals surface area contributed by atoms with Crippen LogP contribution in [0.5, 0.6) is 11.5 Å². The van der Waals surface area contributed by atoms with E-state index in [1.165, 1.54) is 12.1 Å². The summed E-state index contributed by atoms with van der Waals surface area (Å²) in [6, 6.07) is 13.2. The van der Waals surface area contributed by atoms with Crippen LogP contribution in [0.1, 0.15) is 22.8 Å². The average molecular weight is 312 g/mol. The number of rotatable bonds is 6. The molecule has 118 valence electrons. The van der Waals surface area contributed by atoms with Crippen molar-refractivity contribution in [3.8, 4) is 11.5 Å². The third-order valence-corrected chi connectivity index (χ3v) is 2.98. The van der Waals surface area contributed by atoms with Gasteiger partial charge in [0.1, 0.15) is 11.5 Å². The molecule has 1 N–H and O–H groups in total. The zero-order chi connectivity index (χ0) is 16.8. The Morgan fingerprint density at radius 3 is 2.43 bits per heavy atom. The number of aliphatic hydroxyl groups is 1. The molecule has 0 unspecified atom stereocenters. The van der Waals surface area contributed by atoms with E-state index in [0.29, 0.717) is 17.9 Å². The van der Waals surface area contributed by atoms with Crippen molar-refractivity contribution in [2.75, 3.05) is 6.61 Å². The van der Waals surface area contributed by atoms with Crippen molar-refractivity contribution in [1.29, 1.82) is 0 Å². The third-order valence-electron chi connectivity index (χ3n) is 2.98. The molecule has 0 aliphatic carbocycles. The van der Waals surface area contributed by atoms with Crippen molar-refractivity contribution in [2.24, 2.45) is 0 Å². The summed E-state index contributed by atoms with van der Waals surface area (Å²) in [5, 5.41) is 9.12. The fourth-order valence-corrected chi connectivity index (χ4v) is 1.93. The van der Waals surface area contributed by atoms with Crippen LogP contribution in [0.3, 0.4) is 0 Å². The second-order valence-electron chi connectivity index (χ2n) is 4.62. The number of esters is 1. The van der Waals surface area contributed by atoms with Crippen LogP contribution in [0.15, 0.2) is 60.9 Å². The predicted octanol–water partition coefficient (Wildman–Crippen LogP) is 3.29. The van der Waals surface area contributed by atoms with E-state index in [-0.39, 0.29) is 17.1 Å². The maximum Gasteiger partial charge on any atom is 0.378 e. The van der Waals surface area contributed by atoms with E-state index in [0.717, 1.165) is 0 Å². The zero-order valence-corrected chi connectivity index (χ0v) is 12.6. The maximum atomic E-state index is 12.6. The van der Waals surface area contributed by atoms with Crippen molar-refractivity contribution in [2.45, 2.75) is 6.92 Å². The van der Waals surface area contributed by atoms with E-state index in [2.05, 4.69) is 6.58 Å². The highest BCUT2D eigenvalue weighted by Crippen LogP contribution is 2.27. The molecule has 0 amide bonds. The van der Waals surface area contributed by atoms with Crippen molar-refractivity contribution in [3.63, 3.8) is 0 Å². The molecule has 2 rings (SSSR count). The Morgan fingerprint density at radius 1 is 1.13 bits per heavy atom. The molecule has 0 heterocycles. The van der Waals surface area contributed by atoms with Gasteiger partial charge in [0.05, 0.1) is 12.2 Å². The van der Waals surface area contributed by atoms with E-state index in [4.69, 9.17) is 14.6 Å². The molecular weight excluding hydrogens is 296 g/mol. The summed E-state index contributed by atoms with van der Waals surface area (Å²) in [5.41, 5.74) is 0.644. The Bertz CT molecular complexity index is 734. The van der Waals surface area contributed by atoms with Crippen LogP contribution in [0.4, 0.5) is 0 Å². The second kappa shape index (κ2) is 7.26. The average Bonchev–Trinajstić information content (AvgIpc) is 2.55.